The monoisotopic (exact) mass is 372 g/mol. The summed E-state index contributed by atoms with van der Waals surface area (Å²) in [5, 5.41) is 0. The van der Waals surface area contributed by atoms with Gasteiger partial charge in [-0.15, -0.1) is 0 Å². The summed E-state index contributed by atoms with van der Waals surface area (Å²) in [4.78, 5) is 0. The van der Waals surface area contributed by atoms with Gasteiger partial charge < -0.3 is 4.18 Å². The van der Waals surface area contributed by atoms with E-state index in [0.717, 1.165) is 36.8 Å². The Morgan fingerprint density at radius 3 is 2.24 bits per heavy atom. The van der Waals surface area contributed by atoms with Crippen molar-refractivity contribution in [3.63, 3.8) is 0 Å². The first kappa shape index (κ1) is 19.3. The lowest BCUT2D eigenvalue weighted by Crippen LogP contribution is -2.28. The number of hydrogen-bond donors (Lipinski definition) is 0. The van der Waals surface area contributed by atoms with E-state index >= 15 is 0 Å². The van der Waals surface area contributed by atoms with Crippen molar-refractivity contribution in [1.82, 2.24) is 0 Å². The van der Waals surface area contributed by atoms with Gasteiger partial charge in [-0.1, -0.05) is 56.2 Å². The molecule has 0 aliphatic carbocycles. The second kappa shape index (κ2) is 7.91. The zero-order valence-electron chi connectivity index (χ0n) is 13.7. The van der Waals surface area contributed by atoms with Crippen LogP contribution in [0.3, 0.4) is 0 Å². The molecule has 0 spiro atoms. The molecule has 3 nitrogen and oxygen atoms in total. The summed E-state index contributed by atoms with van der Waals surface area (Å²) in [6.07, 6.45) is 4.23. The van der Waals surface area contributed by atoms with Gasteiger partial charge in [-0.2, -0.15) is 21.6 Å². The molecule has 0 radical (unpaired) electrons. The summed E-state index contributed by atoms with van der Waals surface area (Å²) in [5.41, 5.74) is -2.95. The summed E-state index contributed by atoms with van der Waals surface area (Å²) in [6.45, 7) is 2.12. The molecule has 2 aromatic carbocycles. The highest BCUT2D eigenvalue weighted by atomic mass is 32.2. The molecule has 0 unspecified atom stereocenters. The van der Waals surface area contributed by atoms with Gasteiger partial charge in [0.05, 0.1) is 0 Å². The minimum Gasteiger partial charge on any atom is -0.376 e. The predicted molar refractivity (Wildman–Crippen MR) is 90.7 cm³/mol. The fourth-order valence-electron chi connectivity index (χ4n) is 2.39. The molecule has 0 saturated heterocycles. The van der Waals surface area contributed by atoms with Gasteiger partial charge in [0.15, 0.2) is 0 Å². The van der Waals surface area contributed by atoms with Gasteiger partial charge in [-0.05, 0) is 41.7 Å². The van der Waals surface area contributed by atoms with E-state index in [1.54, 1.807) is 6.07 Å². The first-order chi connectivity index (χ1) is 11.7. The summed E-state index contributed by atoms with van der Waals surface area (Å²) in [7, 11) is -5.67. The molecule has 0 aromatic heterocycles. The van der Waals surface area contributed by atoms with E-state index in [1.165, 1.54) is 18.2 Å². The average molecular weight is 372 g/mol. The zero-order chi connectivity index (χ0) is 18.5. The first-order valence-electron chi connectivity index (χ1n) is 7.93. The minimum atomic E-state index is -5.67. The maximum Gasteiger partial charge on any atom is 0.534 e. The Kier molecular flexibility index (Phi) is 6.11. The smallest absolute Gasteiger partial charge is 0.376 e. The molecule has 0 amide bonds. The Hall–Kier alpha value is -2.02. The van der Waals surface area contributed by atoms with Crippen LogP contribution in [0, 0.1) is 0 Å². The van der Waals surface area contributed by atoms with Crippen LogP contribution in [0.25, 0.3) is 11.1 Å². The van der Waals surface area contributed by atoms with Crippen LogP contribution in [-0.4, -0.2) is 13.9 Å². The Labute approximate surface area is 145 Å². The quantitative estimate of drug-likeness (QED) is 0.376. The van der Waals surface area contributed by atoms with Crippen molar-refractivity contribution in [3.05, 3.63) is 54.1 Å². The normalized spacial score (nSPS) is 12.2. The lowest BCUT2D eigenvalue weighted by Gasteiger charge is -2.11. The van der Waals surface area contributed by atoms with E-state index < -0.39 is 15.6 Å². The molecule has 136 valence electrons. The predicted octanol–water partition coefficient (Wildman–Crippen LogP) is 5.31. The summed E-state index contributed by atoms with van der Waals surface area (Å²) < 4.78 is 63.7. The van der Waals surface area contributed by atoms with Crippen molar-refractivity contribution in [2.45, 2.75) is 38.1 Å². The molecule has 0 N–H and O–H groups in total. The third-order valence-electron chi connectivity index (χ3n) is 3.65. The van der Waals surface area contributed by atoms with E-state index in [0.29, 0.717) is 5.56 Å². The zero-order valence-corrected chi connectivity index (χ0v) is 14.5. The molecule has 0 aliphatic rings. The van der Waals surface area contributed by atoms with Crippen molar-refractivity contribution in [3.8, 4) is 16.9 Å². The van der Waals surface area contributed by atoms with Crippen LogP contribution < -0.4 is 4.18 Å². The first-order valence-corrected chi connectivity index (χ1v) is 9.34. The second-order valence-electron chi connectivity index (χ2n) is 5.67. The van der Waals surface area contributed by atoms with Crippen LogP contribution in [-0.2, 0) is 16.5 Å². The third kappa shape index (κ3) is 5.22. The van der Waals surface area contributed by atoms with Crippen molar-refractivity contribution in [2.24, 2.45) is 0 Å². The van der Waals surface area contributed by atoms with Crippen molar-refractivity contribution < 1.29 is 25.8 Å². The van der Waals surface area contributed by atoms with Gasteiger partial charge in [-0.3, -0.25) is 0 Å². The van der Waals surface area contributed by atoms with Gasteiger partial charge >= 0.3 is 15.6 Å². The summed E-state index contributed by atoms with van der Waals surface area (Å²) in [5.74, 6) is -0.369. The largest absolute Gasteiger partial charge is 0.534 e. The molecule has 2 aromatic rings. The molecule has 0 saturated carbocycles. The number of rotatable bonds is 7. The summed E-state index contributed by atoms with van der Waals surface area (Å²) in [6, 6.07) is 13.3. The number of hydrogen-bond acceptors (Lipinski definition) is 3. The van der Waals surface area contributed by atoms with Gasteiger partial charge in [0.2, 0.25) is 0 Å². The van der Waals surface area contributed by atoms with Crippen LogP contribution in [0.5, 0.6) is 5.75 Å². The topological polar surface area (TPSA) is 43.4 Å². The fraction of sp³-hybridized carbons (Fsp3) is 0.333. The SMILES string of the molecule is CCCCCc1cccc(-c2cccc(OS(=O)(=O)C(F)(F)F)c2)c1. The summed E-state index contributed by atoms with van der Waals surface area (Å²) >= 11 is 0. The molecule has 0 heterocycles. The van der Waals surface area contributed by atoms with Crippen LogP contribution in [0.1, 0.15) is 31.7 Å². The average Bonchev–Trinajstić information content (AvgIpc) is 2.54. The number of halogens is 3. The molecule has 0 aliphatic heterocycles. The van der Waals surface area contributed by atoms with Crippen molar-refractivity contribution >= 4 is 10.1 Å². The number of aryl methyl sites for hydroxylation is 1. The van der Waals surface area contributed by atoms with E-state index in [9.17, 15) is 21.6 Å². The van der Waals surface area contributed by atoms with Crippen molar-refractivity contribution in [2.75, 3.05) is 0 Å². The molecule has 0 bridgehead atoms. The molecule has 25 heavy (non-hydrogen) atoms. The molecular weight excluding hydrogens is 353 g/mol. The van der Waals surface area contributed by atoms with Gasteiger partial charge in [0.1, 0.15) is 5.75 Å². The van der Waals surface area contributed by atoms with E-state index in [1.807, 2.05) is 24.3 Å². The van der Waals surface area contributed by atoms with Crippen LogP contribution in [0.4, 0.5) is 13.2 Å². The Morgan fingerprint density at radius 2 is 1.60 bits per heavy atom. The highest BCUT2D eigenvalue weighted by molar-refractivity contribution is 7.88. The maximum absolute atomic E-state index is 12.4. The second-order valence-corrected chi connectivity index (χ2v) is 7.21. The number of unbranched alkanes of at least 4 members (excludes halogenated alkanes) is 2. The molecular formula is C18H19F3O3S. The van der Waals surface area contributed by atoms with E-state index in [2.05, 4.69) is 11.1 Å². The van der Waals surface area contributed by atoms with E-state index in [-0.39, 0.29) is 5.75 Å². The van der Waals surface area contributed by atoms with E-state index in [4.69, 9.17) is 0 Å². The standard InChI is InChI=1S/C18H19F3O3S/c1-2-3-4-7-14-8-5-9-15(12-14)16-10-6-11-17(13-16)24-25(22,23)18(19,20)21/h5-6,8-13H,2-4,7H2,1H3. The Morgan fingerprint density at radius 1 is 0.960 bits per heavy atom. The van der Waals surface area contributed by atoms with Crippen molar-refractivity contribution in [1.29, 1.82) is 0 Å². The minimum absolute atomic E-state index is 0.369. The van der Waals surface area contributed by atoms with Gasteiger partial charge in [-0.25, -0.2) is 0 Å². The number of benzene rings is 2. The highest BCUT2D eigenvalue weighted by Gasteiger charge is 2.48. The van der Waals surface area contributed by atoms with Gasteiger partial charge in [0, 0.05) is 0 Å². The lowest BCUT2D eigenvalue weighted by atomic mass is 10.00. The molecule has 7 heteroatoms. The molecule has 0 fully saturated rings. The fourth-order valence-corrected chi connectivity index (χ4v) is 2.84. The number of alkyl halides is 3. The lowest BCUT2D eigenvalue weighted by molar-refractivity contribution is -0.0500. The highest BCUT2D eigenvalue weighted by Crippen LogP contribution is 2.30. The van der Waals surface area contributed by atoms with Crippen LogP contribution >= 0.6 is 0 Å². The van der Waals surface area contributed by atoms with Crippen LogP contribution in [0.15, 0.2) is 48.5 Å². The Bertz CT molecular complexity index is 814. The molecule has 2 rings (SSSR count). The molecule has 0 atom stereocenters. The van der Waals surface area contributed by atoms with Gasteiger partial charge in [0.25, 0.3) is 0 Å². The third-order valence-corrected chi connectivity index (χ3v) is 4.63. The van der Waals surface area contributed by atoms with Crippen LogP contribution in [0.2, 0.25) is 0 Å². The Balaban J connectivity index is 2.23. The maximum atomic E-state index is 12.4.